The van der Waals surface area contributed by atoms with Crippen molar-refractivity contribution >= 4 is 17.8 Å². The molecule has 4 heteroatoms. The quantitative estimate of drug-likeness (QED) is 0.835. The summed E-state index contributed by atoms with van der Waals surface area (Å²) in [5.41, 5.74) is 2.45. The van der Waals surface area contributed by atoms with Crippen LogP contribution in [-0.4, -0.2) is 13.0 Å². The maximum absolute atomic E-state index is 7.57. The molecule has 90 valence electrons. The van der Waals surface area contributed by atoms with E-state index in [2.05, 4.69) is 0 Å². The summed E-state index contributed by atoms with van der Waals surface area (Å²) in [6.45, 7) is 0.197. The Morgan fingerprint density at radius 1 is 1.06 bits per heavy atom. The zero-order valence-electron chi connectivity index (χ0n) is 9.44. The molecule has 2 aromatic rings. The Morgan fingerprint density at radius 3 is 2.67 bits per heavy atom. The van der Waals surface area contributed by atoms with E-state index in [9.17, 15) is 0 Å². The molecule has 1 heterocycles. The third-order valence-electron chi connectivity index (χ3n) is 2.89. The van der Waals surface area contributed by atoms with E-state index in [4.69, 9.17) is 26.5 Å². The number of halogens is 1. The van der Waals surface area contributed by atoms with Crippen molar-refractivity contribution in [3.63, 3.8) is 0 Å². The minimum Gasteiger partial charge on any atom is -0.454 e. The fraction of sp³-hybridized carbons (Fsp3) is 0.0714. The first-order valence-corrected chi connectivity index (χ1v) is 5.87. The second-order valence-corrected chi connectivity index (χ2v) is 4.29. The summed E-state index contributed by atoms with van der Waals surface area (Å²) in [6, 6.07) is 11.3. The van der Waals surface area contributed by atoms with Crippen molar-refractivity contribution < 1.29 is 9.47 Å². The van der Waals surface area contributed by atoms with Gasteiger partial charge in [0, 0.05) is 22.4 Å². The van der Waals surface area contributed by atoms with Crippen LogP contribution < -0.4 is 9.47 Å². The summed E-state index contributed by atoms with van der Waals surface area (Å²) in [7, 11) is 0. The maximum Gasteiger partial charge on any atom is 0.231 e. The van der Waals surface area contributed by atoms with Gasteiger partial charge >= 0.3 is 0 Å². The molecule has 0 saturated heterocycles. The lowest BCUT2D eigenvalue weighted by Crippen LogP contribution is -1.95. The Kier molecular flexibility index (Phi) is 2.68. The molecule has 0 fully saturated rings. The van der Waals surface area contributed by atoms with Gasteiger partial charge in [0.05, 0.1) is 0 Å². The topological polar surface area (TPSA) is 42.3 Å². The van der Waals surface area contributed by atoms with Crippen molar-refractivity contribution in [2.75, 3.05) is 6.79 Å². The maximum atomic E-state index is 7.57. The monoisotopic (exact) mass is 259 g/mol. The number of hydrogen-bond donors (Lipinski definition) is 1. The molecule has 1 aliphatic rings. The molecule has 0 unspecified atom stereocenters. The third kappa shape index (κ3) is 1.64. The summed E-state index contributed by atoms with van der Waals surface area (Å²) >= 11 is 6.19. The van der Waals surface area contributed by atoms with Crippen LogP contribution in [0, 0.1) is 5.41 Å². The summed E-state index contributed by atoms with van der Waals surface area (Å²) in [6.07, 6.45) is 1.27. The normalized spacial score (nSPS) is 12.5. The molecule has 18 heavy (non-hydrogen) atoms. The van der Waals surface area contributed by atoms with Crippen LogP contribution in [0.5, 0.6) is 11.5 Å². The van der Waals surface area contributed by atoms with Crippen LogP contribution in [0.3, 0.4) is 0 Å². The first-order valence-electron chi connectivity index (χ1n) is 5.49. The van der Waals surface area contributed by atoms with Crippen molar-refractivity contribution in [2.24, 2.45) is 0 Å². The Morgan fingerprint density at radius 2 is 1.89 bits per heavy atom. The molecule has 1 aliphatic heterocycles. The van der Waals surface area contributed by atoms with Crippen LogP contribution in [0.4, 0.5) is 0 Å². The molecule has 0 radical (unpaired) electrons. The molecular weight excluding hydrogens is 250 g/mol. The number of fused-ring (bicyclic) bond motifs is 1. The largest absolute Gasteiger partial charge is 0.454 e. The van der Waals surface area contributed by atoms with Crippen molar-refractivity contribution in [3.8, 4) is 22.6 Å². The predicted octanol–water partition coefficient (Wildman–Crippen LogP) is 3.73. The summed E-state index contributed by atoms with van der Waals surface area (Å²) in [5.74, 6) is 1.28. The zero-order chi connectivity index (χ0) is 12.5. The summed E-state index contributed by atoms with van der Waals surface area (Å²) in [5, 5.41) is 8.22. The van der Waals surface area contributed by atoms with Crippen LogP contribution in [-0.2, 0) is 0 Å². The Hall–Kier alpha value is -2.00. The highest BCUT2D eigenvalue weighted by atomic mass is 35.5. The molecule has 0 spiro atoms. The molecule has 0 aliphatic carbocycles. The molecule has 3 nitrogen and oxygen atoms in total. The van der Waals surface area contributed by atoms with Gasteiger partial charge in [-0.1, -0.05) is 29.8 Å². The lowest BCUT2D eigenvalue weighted by molar-refractivity contribution is 0.174. The molecular formula is C14H10ClNO2. The van der Waals surface area contributed by atoms with Gasteiger partial charge in [-0.25, -0.2) is 0 Å². The van der Waals surface area contributed by atoms with E-state index in [-0.39, 0.29) is 6.79 Å². The molecule has 0 atom stereocenters. The number of benzene rings is 2. The van der Waals surface area contributed by atoms with Gasteiger partial charge in [-0.15, -0.1) is 0 Å². The average Bonchev–Trinajstić information content (AvgIpc) is 2.86. The van der Waals surface area contributed by atoms with Gasteiger partial charge in [0.1, 0.15) is 0 Å². The van der Waals surface area contributed by atoms with Gasteiger partial charge in [-0.3, -0.25) is 0 Å². The third-order valence-corrected chi connectivity index (χ3v) is 3.22. The fourth-order valence-corrected chi connectivity index (χ4v) is 2.29. The first kappa shape index (κ1) is 11.1. The molecule has 3 rings (SSSR count). The minimum atomic E-state index is 0.197. The minimum absolute atomic E-state index is 0.197. The van der Waals surface area contributed by atoms with E-state index in [1.807, 2.05) is 36.4 Å². The Bertz CT molecular complexity index is 625. The van der Waals surface area contributed by atoms with E-state index >= 15 is 0 Å². The van der Waals surface area contributed by atoms with E-state index in [1.54, 1.807) is 0 Å². The fourth-order valence-electron chi connectivity index (χ4n) is 2.05. The molecule has 0 aromatic heterocycles. The summed E-state index contributed by atoms with van der Waals surface area (Å²) in [4.78, 5) is 0. The highest BCUT2D eigenvalue weighted by Gasteiger charge is 2.20. The number of nitrogens with one attached hydrogen (secondary N) is 1. The van der Waals surface area contributed by atoms with Crippen LogP contribution in [0.15, 0.2) is 36.4 Å². The Labute approximate surface area is 109 Å². The molecule has 0 bridgehead atoms. The van der Waals surface area contributed by atoms with Crippen LogP contribution in [0.25, 0.3) is 11.1 Å². The highest BCUT2D eigenvalue weighted by molar-refractivity contribution is 6.33. The van der Waals surface area contributed by atoms with Crippen molar-refractivity contribution in [3.05, 3.63) is 47.0 Å². The number of hydrogen-bond acceptors (Lipinski definition) is 3. The molecule has 1 N–H and O–H groups in total. The van der Waals surface area contributed by atoms with E-state index in [0.717, 1.165) is 11.1 Å². The molecule has 2 aromatic carbocycles. The van der Waals surface area contributed by atoms with Gasteiger partial charge in [-0.05, 0) is 23.8 Å². The van der Waals surface area contributed by atoms with Crippen molar-refractivity contribution in [1.29, 1.82) is 5.41 Å². The second kappa shape index (κ2) is 4.35. The van der Waals surface area contributed by atoms with Crippen molar-refractivity contribution in [2.45, 2.75) is 0 Å². The first-order chi connectivity index (χ1) is 8.81. The van der Waals surface area contributed by atoms with Gasteiger partial charge in [0.15, 0.2) is 11.5 Å². The van der Waals surface area contributed by atoms with Gasteiger partial charge in [-0.2, -0.15) is 0 Å². The Balaban J connectivity index is 2.25. The highest BCUT2D eigenvalue weighted by Crippen LogP contribution is 2.41. The van der Waals surface area contributed by atoms with E-state index < -0.39 is 0 Å². The lowest BCUT2D eigenvalue weighted by atomic mass is 9.99. The van der Waals surface area contributed by atoms with E-state index in [1.165, 1.54) is 6.21 Å². The van der Waals surface area contributed by atoms with Crippen molar-refractivity contribution in [1.82, 2.24) is 0 Å². The second-order valence-electron chi connectivity index (χ2n) is 3.88. The summed E-state index contributed by atoms with van der Waals surface area (Å²) < 4.78 is 10.7. The molecule has 0 amide bonds. The predicted molar refractivity (Wildman–Crippen MR) is 70.9 cm³/mol. The van der Waals surface area contributed by atoms with Crippen LogP contribution in [0.2, 0.25) is 5.02 Å². The van der Waals surface area contributed by atoms with Gasteiger partial charge in [0.2, 0.25) is 6.79 Å². The lowest BCUT2D eigenvalue weighted by Gasteiger charge is -2.10. The van der Waals surface area contributed by atoms with Gasteiger partial charge < -0.3 is 14.9 Å². The van der Waals surface area contributed by atoms with Gasteiger partial charge in [0.25, 0.3) is 0 Å². The molecule has 0 saturated carbocycles. The van der Waals surface area contributed by atoms with Crippen LogP contribution in [0.1, 0.15) is 5.56 Å². The van der Waals surface area contributed by atoms with Crippen LogP contribution >= 0.6 is 11.6 Å². The smallest absolute Gasteiger partial charge is 0.231 e. The average molecular weight is 260 g/mol. The number of rotatable bonds is 2. The zero-order valence-corrected chi connectivity index (χ0v) is 10.2. The SMILES string of the molecule is N=Cc1c(-c2ccccc2Cl)ccc2c1OCO2. The number of ether oxygens (including phenoxy) is 2. The van der Waals surface area contributed by atoms with E-state index in [0.29, 0.717) is 22.1 Å². The standard InChI is InChI=1S/C14H10ClNO2/c15-12-4-2-1-3-10(12)9-5-6-13-14(11(9)7-16)18-8-17-13/h1-7,16H,8H2.